The summed E-state index contributed by atoms with van der Waals surface area (Å²) in [5, 5.41) is 10.3. The SMILES string of the molecule is CS(=O)(=O)N1CC(Cc2nc3cnc4ccc(C#N)cc4c3n2C2CCOCC2)C1. The van der Waals surface area contributed by atoms with E-state index in [4.69, 9.17) is 9.72 Å². The molecule has 9 heteroatoms. The first kappa shape index (κ1) is 19.4. The molecule has 5 rings (SSSR count). The Balaban J connectivity index is 1.61. The standard InChI is InChI=1S/C21H23N5O3S/c1-30(27,28)25-12-15(13-25)9-20-24-19-11-23-18-3-2-14(10-22)8-17(18)21(19)26(20)16-4-6-29-7-5-16/h2-3,8,11,15-16H,4-7,9,12-13H2,1H3. The average Bonchev–Trinajstić information content (AvgIpc) is 3.08. The molecule has 156 valence electrons. The lowest BCUT2D eigenvalue weighted by molar-refractivity contribution is 0.0694. The molecule has 0 saturated carbocycles. The predicted octanol–water partition coefficient (Wildman–Crippen LogP) is 2.24. The first-order valence-electron chi connectivity index (χ1n) is 10.2. The Labute approximate surface area is 175 Å². The maximum Gasteiger partial charge on any atom is 0.211 e. The molecular formula is C21H23N5O3S. The first-order valence-corrected chi connectivity index (χ1v) is 12.0. The van der Waals surface area contributed by atoms with E-state index in [1.54, 1.807) is 12.3 Å². The normalized spacial score (nSPS) is 19.2. The third-order valence-electron chi connectivity index (χ3n) is 6.14. The van der Waals surface area contributed by atoms with Crippen molar-refractivity contribution in [3.63, 3.8) is 0 Å². The molecule has 0 spiro atoms. The Hall–Kier alpha value is -2.54. The number of nitrogens with zero attached hydrogens (tertiary/aromatic N) is 5. The van der Waals surface area contributed by atoms with Crippen molar-refractivity contribution in [1.82, 2.24) is 18.8 Å². The first-order chi connectivity index (χ1) is 14.4. The molecule has 2 aliphatic rings. The van der Waals surface area contributed by atoms with Gasteiger partial charge in [0.1, 0.15) is 11.3 Å². The number of imidazole rings is 1. The Bertz CT molecular complexity index is 1270. The van der Waals surface area contributed by atoms with Crippen LogP contribution in [-0.4, -0.2) is 59.8 Å². The minimum Gasteiger partial charge on any atom is -0.381 e. The number of benzene rings is 1. The van der Waals surface area contributed by atoms with Gasteiger partial charge in [0.2, 0.25) is 10.0 Å². The van der Waals surface area contributed by atoms with E-state index in [0.29, 0.717) is 31.9 Å². The van der Waals surface area contributed by atoms with E-state index in [0.717, 1.165) is 47.0 Å². The minimum atomic E-state index is -3.13. The van der Waals surface area contributed by atoms with Gasteiger partial charge in [0, 0.05) is 44.2 Å². The highest BCUT2D eigenvalue weighted by molar-refractivity contribution is 7.88. The van der Waals surface area contributed by atoms with Gasteiger partial charge in [-0.05, 0) is 37.0 Å². The minimum absolute atomic E-state index is 0.254. The molecular weight excluding hydrogens is 402 g/mol. The quantitative estimate of drug-likeness (QED) is 0.635. The highest BCUT2D eigenvalue weighted by Gasteiger charge is 2.35. The molecule has 2 fully saturated rings. The van der Waals surface area contributed by atoms with Crippen LogP contribution in [0, 0.1) is 17.2 Å². The van der Waals surface area contributed by atoms with Crippen LogP contribution in [0.4, 0.5) is 0 Å². The molecule has 8 nitrogen and oxygen atoms in total. The zero-order valence-corrected chi connectivity index (χ0v) is 17.6. The maximum absolute atomic E-state index is 11.7. The molecule has 1 aromatic carbocycles. The number of pyridine rings is 1. The van der Waals surface area contributed by atoms with Crippen molar-refractivity contribution in [2.24, 2.45) is 5.92 Å². The zero-order chi connectivity index (χ0) is 20.9. The lowest BCUT2D eigenvalue weighted by Crippen LogP contribution is -2.50. The van der Waals surface area contributed by atoms with E-state index < -0.39 is 10.0 Å². The van der Waals surface area contributed by atoms with Crippen LogP contribution in [0.25, 0.3) is 21.9 Å². The van der Waals surface area contributed by atoms with Gasteiger partial charge in [-0.25, -0.2) is 17.7 Å². The van der Waals surface area contributed by atoms with Gasteiger partial charge in [-0.1, -0.05) is 0 Å². The molecule has 2 saturated heterocycles. The van der Waals surface area contributed by atoms with E-state index in [1.165, 1.54) is 10.6 Å². The van der Waals surface area contributed by atoms with Gasteiger partial charge in [0.25, 0.3) is 0 Å². The maximum atomic E-state index is 11.7. The average molecular weight is 426 g/mol. The number of nitriles is 1. The summed E-state index contributed by atoms with van der Waals surface area (Å²) < 4.78 is 32.9. The topological polar surface area (TPSA) is 101 Å². The zero-order valence-electron chi connectivity index (χ0n) is 16.8. The second-order valence-electron chi connectivity index (χ2n) is 8.23. The summed E-state index contributed by atoms with van der Waals surface area (Å²) in [5.41, 5.74) is 3.27. The molecule has 2 aromatic heterocycles. The second-order valence-corrected chi connectivity index (χ2v) is 10.2. The number of hydrogen-bond donors (Lipinski definition) is 0. The summed E-state index contributed by atoms with van der Waals surface area (Å²) >= 11 is 0. The molecule has 0 unspecified atom stereocenters. The van der Waals surface area contributed by atoms with Crippen LogP contribution >= 0.6 is 0 Å². The third-order valence-corrected chi connectivity index (χ3v) is 7.37. The van der Waals surface area contributed by atoms with Gasteiger partial charge in [-0.2, -0.15) is 5.26 Å². The number of sulfonamides is 1. The van der Waals surface area contributed by atoms with Gasteiger partial charge < -0.3 is 9.30 Å². The Morgan fingerprint density at radius 3 is 2.70 bits per heavy atom. The largest absolute Gasteiger partial charge is 0.381 e. The molecule has 2 aliphatic heterocycles. The van der Waals surface area contributed by atoms with Crippen molar-refractivity contribution in [3.8, 4) is 6.07 Å². The molecule has 4 heterocycles. The van der Waals surface area contributed by atoms with E-state index in [9.17, 15) is 13.7 Å². The fourth-order valence-electron chi connectivity index (χ4n) is 4.56. The second kappa shape index (κ2) is 7.30. The molecule has 0 atom stereocenters. The van der Waals surface area contributed by atoms with Crippen LogP contribution < -0.4 is 0 Å². The molecule has 0 bridgehead atoms. The number of ether oxygens (including phenoxy) is 1. The fraction of sp³-hybridized carbons (Fsp3) is 0.476. The van der Waals surface area contributed by atoms with Crippen LogP contribution in [-0.2, 0) is 21.2 Å². The molecule has 0 radical (unpaired) electrons. The highest BCUT2D eigenvalue weighted by atomic mass is 32.2. The summed E-state index contributed by atoms with van der Waals surface area (Å²) in [6.45, 7) is 2.49. The predicted molar refractivity (Wildman–Crippen MR) is 112 cm³/mol. The Morgan fingerprint density at radius 1 is 1.23 bits per heavy atom. The van der Waals surface area contributed by atoms with E-state index in [-0.39, 0.29) is 12.0 Å². The molecule has 0 aliphatic carbocycles. The third kappa shape index (κ3) is 3.35. The van der Waals surface area contributed by atoms with Crippen LogP contribution in [0.15, 0.2) is 24.4 Å². The summed E-state index contributed by atoms with van der Waals surface area (Å²) in [7, 11) is -3.13. The van der Waals surface area contributed by atoms with Crippen molar-refractivity contribution in [2.45, 2.75) is 25.3 Å². The Morgan fingerprint density at radius 2 is 2.00 bits per heavy atom. The van der Waals surface area contributed by atoms with Crippen LogP contribution in [0.5, 0.6) is 0 Å². The van der Waals surface area contributed by atoms with Crippen molar-refractivity contribution >= 4 is 32.0 Å². The lowest BCUT2D eigenvalue weighted by atomic mass is 9.98. The van der Waals surface area contributed by atoms with Crippen molar-refractivity contribution < 1.29 is 13.2 Å². The van der Waals surface area contributed by atoms with Gasteiger partial charge in [0.05, 0.1) is 35.1 Å². The van der Waals surface area contributed by atoms with E-state index in [1.807, 2.05) is 12.1 Å². The van der Waals surface area contributed by atoms with Crippen LogP contribution in [0.2, 0.25) is 0 Å². The van der Waals surface area contributed by atoms with Crippen LogP contribution in [0.3, 0.4) is 0 Å². The lowest BCUT2D eigenvalue weighted by Gasteiger charge is -2.37. The highest BCUT2D eigenvalue weighted by Crippen LogP contribution is 2.34. The molecule has 30 heavy (non-hydrogen) atoms. The summed E-state index contributed by atoms with van der Waals surface area (Å²) in [4.78, 5) is 9.46. The van der Waals surface area contributed by atoms with Gasteiger partial charge in [-0.3, -0.25) is 4.98 Å². The summed E-state index contributed by atoms with van der Waals surface area (Å²) in [6, 6.07) is 8.04. The van der Waals surface area contributed by atoms with Crippen LogP contribution in [0.1, 0.15) is 30.3 Å². The van der Waals surface area contributed by atoms with Crippen molar-refractivity contribution in [2.75, 3.05) is 32.6 Å². The molecule has 0 N–H and O–H groups in total. The Kier molecular flexibility index (Phi) is 4.73. The monoisotopic (exact) mass is 425 g/mol. The summed E-state index contributed by atoms with van der Waals surface area (Å²) in [6.07, 6.45) is 5.58. The van der Waals surface area contributed by atoms with Gasteiger partial charge in [0.15, 0.2) is 0 Å². The smallest absolute Gasteiger partial charge is 0.211 e. The van der Waals surface area contributed by atoms with E-state index >= 15 is 0 Å². The number of aromatic nitrogens is 3. The fourth-order valence-corrected chi connectivity index (χ4v) is 5.52. The molecule has 3 aromatic rings. The van der Waals surface area contributed by atoms with Gasteiger partial charge in [-0.15, -0.1) is 0 Å². The number of fused-ring (bicyclic) bond motifs is 3. The van der Waals surface area contributed by atoms with E-state index in [2.05, 4.69) is 15.6 Å². The van der Waals surface area contributed by atoms with Crippen molar-refractivity contribution in [3.05, 3.63) is 35.8 Å². The van der Waals surface area contributed by atoms with Gasteiger partial charge >= 0.3 is 0 Å². The number of rotatable bonds is 4. The molecule has 0 amide bonds. The summed E-state index contributed by atoms with van der Waals surface area (Å²) in [5.74, 6) is 1.22. The number of hydrogen-bond acceptors (Lipinski definition) is 6. The van der Waals surface area contributed by atoms with Crippen molar-refractivity contribution in [1.29, 1.82) is 5.26 Å².